The van der Waals surface area contributed by atoms with Gasteiger partial charge >= 0.3 is 12.3 Å². The molecular formula is C11H14F3N3O3. The quantitative estimate of drug-likeness (QED) is 0.826. The Balaban J connectivity index is 2.46. The summed E-state index contributed by atoms with van der Waals surface area (Å²) < 4.78 is 39.9. The third kappa shape index (κ3) is 2.11. The van der Waals surface area contributed by atoms with Gasteiger partial charge in [-0.2, -0.15) is 13.2 Å². The zero-order valence-corrected chi connectivity index (χ0v) is 10.8. The van der Waals surface area contributed by atoms with Crippen LogP contribution in [0, 0.1) is 0 Å². The van der Waals surface area contributed by atoms with E-state index >= 15 is 0 Å². The van der Waals surface area contributed by atoms with Crippen molar-refractivity contribution in [3.8, 4) is 0 Å². The van der Waals surface area contributed by atoms with Crippen molar-refractivity contribution in [2.75, 3.05) is 6.54 Å². The van der Waals surface area contributed by atoms with Gasteiger partial charge in [-0.15, -0.1) is 0 Å². The first-order valence-corrected chi connectivity index (χ1v) is 5.89. The van der Waals surface area contributed by atoms with Crippen LogP contribution >= 0.6 is 0 Å². The average molecular weight is 293 g/mol. The molecule has 1 aromatic heterocycles. The Bertz CT molecular complexity index is 539. The Morgan fingerprint density at radius 2 is 2.10 bits per heavy atom. The van der Waals surface area contributed by atoms with Gasteiger partial charge in [0.1, 0.15) is 0 Å². The van der Waals surface area contributed by atoms with Crippen LogP contribution in [0.4, 0.5) is 18.0 Å². The van der Waals surface area contributed by atoms with E-state index in [1.807, 2.05) is 0 Å². The summed E-state index contributed by atoms with van der Waals surface area (Å²) in [5.74, 6) is -0.516. The Morgan fingerprint density at radius 3 is 2.60 bits per heavy atom. The predicted molar refractivity (Wildman–Crippen MR) is 61.0 cm³/mol. The molecule has 0 radical (unpaired) electrons. The molecule has 9 heteroatoms. The molecule has 20 heavy (non-hydrogen) atoms. The molecule has 0 spiro atoms. The number of rotatable bonds is 1. The van der Waals surface area contributed by atoms with Crippen LogP contribution in [0.2, 0.25) is 0 Å². The summed E-state index contributed by atoms with van der Waals surface area (Å²) in [6.07, 6.45) is -4.84. The fourth-order valence-electron chi connectivity index (χ4n) is 2.30. The number of halogens is 3. The van der Waals surface area contributed by atoms with Gasteiger partial charge in [0.05, 0.1) is 24.5 Å². The van der Waals surface area contributed by atoms with Gasteiger partial charge in [0.25, 0.3) is 0 Å². The second kappa shape index (κ2) is 4.37. The Morgan fingerprint density at radius 1 is 1.50 bits per heavy atom. The molecule has 0 aliphatic carbocycles. The lowest BCUT2D eigenvalue weighted by Gasteiger charge is -2.34. The molecule has 2 N–H and O–H groups in total. The van der Waals surface area contributed by atoms with Crippen LogP contribution in [0.1, 0.15) is 31.4 Å². The minimum atomic E-state index is -4.86. The van der Waals surface area contributed by atoms with Crippen molar-refractivity contribution < 1.29 is 28.2 Å². The zero-order valence-electron chi connectivity index (χ0n) is 10.8. The summed E-state index contributed by atoms with van der Waals surface area (Å²) in [7, 11) is 0. The van der Waals surface area contributed by atoms with Crippen LogP contribution in [0.25, 0.3) is 0 Å². The highest BCUT2D eigenvalue weighted by Crippen LogP contribution is 2.39. The van der Waals surface area contributed by atoms with Crippen molar-refractivity contribution >= 4 is 6.09 Å². The van der Waals surface area contributed by atoms with Crippen LogP contribution in [0.3, 0.4) is 0 Å². The molecule has 2 rings (SSSR count). The maximum atomic E-state index is 12.9. The van der Waals surface area contributed by atoms with E-state index in [-0.39, 0.29) is 13.1 Å². The molecule has 1 aliphatic heterocycles. The van der Waals surface area contributed by atoms with Crippen LogP contribution < -0.4 is 0 Å². The number of fused-ring (bicyclic) bond motifs is 1. The van der Waals surface area contributed by atoms with Crippen molar-refractivity contribution in [3.63, 3.8) is 0 Å². The van der Waals surface area contributed by atoms with E-state index in [9.17, 15) is 23.1 Å². The van der Waals surface area contributed by atoms with E-state index in [1.54, 1.807) is 6.92 Å². The van der Waals surface area contributed by atoms with Gasteiger partial charge in [-0.1, -0.05) is 0 Å². The highest BCUT2D eigenvalue weighted by Gasteiger charge is 2.54. The lowest BCUT2D eigenvalue weighted by molar-refractivity contribution is -0.263. The second-order valence-electron chi connectivity index (χ2n) is 5.03. The molecule has 0 unspecified atom stereocenters. The first kappa shape index (κ1) is 14.6. The third-order valence-corrected chi connectivity index (χ3v) is 3.41. The number of nitrogens with zero attached hydrogens (tertiary/aromatic N) is 3. The lowest BCUT2D eigenvalue weighted by Crippen LogP contribution is -2.45. The molecule has 0 saturated heterocycles. The molecule has 1 aromatic rings. The third-order valence-electron chi connectivity index (χ3n) is 3.41. The maximum absolute atomic E-state index is 12.9. The molecule has 0 saturated carbocycles. The molecule has 0 fully saturated rings. The number of carbonyl (C=O) groups is 1. The lowest BCUT2D eigenvalue weighted by atomic mass is 10.0. The molecule has 6 nitrogen and oxygen atoms in total. The summed E-state index contributed by atoms with van der Waals surface area (Å²) in [4.78, 5) is 15.7. The standard InChI is InChI=1S/C11H14F3N3O3/c1-6-4-16(9(18)19)5-7-3-15-8(17(6)7)10(2,20)11(12,13)14/h3,6,20H,4-5H2,1-2H3,(H,18,19)/t6-,10+/m0/s1. The highest BCUT2D eigenvalue weighted by atomic mass is 19.4. The van der Waals surface area contributed by atoms with Crippen LogP contribution in [0.15, 0.2) is 6.20 Å². The predicted octanol–water partition coefficient (Wildman–Crippen LogP) is 1.71. The van der Waals surface area contributed by atoms with Crippen molar-refractivity contribution in [3.05, 3.63) is 17.7 Å². The van der Waals surface area contributed by atoms with Gasteiger partial charge in [0, 0.05) is 6.54 Å². The molecule has 1 amide bonds. The Labute approximate surface area is 112 Å². The van der Waals surface area contributed by atoms with Gasteiger partial charge in [-0.3, -0.25) is 0 Å². The average Bonchev–Trinajstić information content (AvgIpc) is 2.71. The van der Waals surface area contributed by atoms with Gasteiger partial charge in [0.15, 0.2) is 5.82 Å². The number of amides is 1. The highest BCUT2D eigenvalue weighted by molar-refractivity contribution is 5.65. The van der Waals surface area contributed by atoms with Gasteiger partial charge in [-0.05, 0) is 13.8 Å². The monoisotopic (exact) mass is 293 g/mol. The maximum Gasteiger partial charge on any atom is 0.424 e. The van der Waals surface area contributed by atoms with E-state index in [0.29, 0.717) is 12.6 Å². The smallest absolute Gasteiger partial charge is 0.424 e. The summed E-state index contributed by atoms with van der Waals surface area (Å²) in [5.41, 5.74) is -2.75. The Kier molecular flexibility index (Phi) is 3.20. The van der Waals surface area contributed by atoms with E-state index in [2.05, 4.69) is 4.98 Å². The summed E-state index contributed by atoms with van der Waals surface area (Å²) in [6.45, 7) is 2.20. The number of imidazole rings is 1. The molecule has 0 bridgehead atoms. The number of hydrogen-bond acceptors (Lipinski definition) is 3. The molecule has 2 heterocycles. The van der Waals surface area contributed by atoms with Crippen molar-refractivity contribution in [2.24, 2.45) is 0 Å². The molecular weight excluding hydrogens is 279 g/mol. The van der Waals surface area contributed by atoms with Crippen molar-refractivity contribution in [1.82, 2.24) is 14.5 Å². The zero-order chi connectivity index (χ0) is 15.3. The topological polar surface area (TPSA) is 78.6 Å². The van der Waals surface area contributed by atoms with E-state index in [0.717, 1.165) is 4.90 Å². The van der Waals surface area contributed by atoms with Gasteiger partial charge < -0.3 is 19.7 Å². The number of aliphatic hydroxyl groups is 1. The first-order chi connectivity index (χ1) is 9.05. The second-order valence-corrected chi connectivity index (χ2v) is 5.03. The minimum absolute atomic E-state index is 0.0413. The largest absolute Gasteiger partial charge is 0.465 e. The SMILES string of the molecule is C[C@H]1CN(C(=O)O)Cc2cnc([C@@](C)(O)C(F)(F)F)n21. The van der Waals surface area contributed by atoms with Crippen molar-refractivity contribution in [1.29, 1.82) is 0 Å². The van der Waals surface area contributed by atoms with Crippen LogP contribution in [-0.4, -0.2) is 43.5 Å². The fraction of sp³-hybridized carbons (Fsp3) is 0.636. The number of alkyl halides is 3. The summed E-state index contributed by atoms with van der Waals surface area (Å²) in [6, 6.07) is -0.541. The fourth-order valence-corrected chi connectivity index (χ4v) is 2.30. The molecule has 1 aliphatic rings. The molecule has 0 aromatic carbocycles. The number of hydrogen-bond donors (Lipinski definition) is 2. The van der Waals surface area contributed by atoms with Gasteiger partial charge in [0.2, 0.25) is 5.60 Å². The first-order valence-electron chi connectivity index (χ1n) is 5.89. The van der Waals surface area contributed by atoms with E-state index in [1.165, 1.54) is 10.8 Å². The van der Waals surface area contributed by atoms with E-state index in [4.69, 9.17) is 5.11 Å². The van der Waals surface area contributed by atoms with Gasteiger partial charge in [-0.25, -0.2) is 9.78 Å². The Hall–Kier alpha value is -1.77. The summed E-state index contributed by atoms with van der Waals surface area (Å²) in [5, 5.41) is 18.7. The minimum Gasteiger partial charge on any atom is -0.465 e. The van der Waals surface area contributed by atoms with E-state index < -0.39 is 29.7 Å². The van der Waals surface area contributed by atoms with Crippen molar-refractivity contribution in [2.45, 2.75) is 38.2 Å². The normalized spacial score (nSPS) is 22.3. The van der Waals surface area contributed by atoms with Crippen LogP contribution in [0.5, 0.6) is 0 Å². The number of aromatic nitrogens is 2. The summed E-state index contributed by atoms with van der Waals surface area (Å²) >= 11 is 0. The number of carboxylic acid groups (broad SMARTS) is 1. The molecule has 112 valence electrons. The molecule has 2 atom stereocenters. The van der Waals surface area contributed by atoms with Crippen LogP contribution in [-0.2, 0) is 12.1 Å².